The van der Waals surface area contributed by atoms with Crippen molar-refractivity contribution in [3.63, 3.8) is 0 Å². The summed E-state index contributed by atoms with van der Waals surface area (Å²) in [5.41, 5.74) is -0.514. The second kappa shape index (κ2) is 3.24. The average molecular weight is 227 g/mol. The summed E-state index contributed by atoms with van der Waals surface area (Å²) in [6.45, 7) is -0.305. The fraction of sp³-hybridized carbons (Fsp3) is 0.625. The first-order chi connectivity index (χ1) is 7.70. The Labute approximate surface area is 89.1 Å². The summed E-state index contributed by atoms with van der Waals surface area (Å²) in [5, 5.41) is 22.5. The highest BCUT2D eigenvalue weighted by Crippen LogP contribution is 2.37. The van der Waals surface area contributed by atoms with Crippen LogP contribution >= 0.6 is 0 Å². The second-order valence-electron chi connectivity index (χ2n) is 3.64. The Balaban J connectivity index is 1.99. The Bertz CT molecular complexity index is 475. The topological polar surface area (TPSA) is 107 Å². The Hall–Kier alpha value is -1.51. The van der Waals surface area contributed by atoms with E-state index in [0.29, 0.717) is 0 Å². The summed E-state index contributed by atoms with van der Waals surface area (Å²) in [6, 6.07) is 0.0259. The van der Waals surface area contributed by atoms with Gasteiger partial charge in [-0.1, -0.05) is 0 Å². The average Bonchev–Trinajstić information content (AvgIpc) is 2.75. The van der Waals surface area contributed by atoms with Crippen molar-refractivity contribution in [2.45, 2.75) is 24.5 Å². The number of aliphatic hydroxyl groups is 2. The monoisotopic (exact) mass is 227 g/mol. The maximum atomic E-state index is 10.9. The van der Waals surface area contributed by atoms with Crippen molar-refractivity contribution in [1.29, 1.82) is 0 Å². The number of rotatable bonds is 1. The summed E-state index contributed by atoms with van der Waals surface area (Å²) in [4.78, 5) is 14.5. The van der Waals surface area contributed by atoms with E-state index in [1.165, 1.54) is 4.68 Å². The van der Waals surface area contributed by atoms with Crippen molar-refractivity contribution >= 4 is 0 Å². The Morgan fingerprint density at radius 1 is 1.56 bits per heavy atom. The Kier molecular flexibility index (Phi) is 1.96. The van der Waals surface area contributed by atoms with E-state index in [1.54, 1.807) is 0 Å². The number of nitrogens with zero attached hydrogens (tertiary/aromatic N) is 3. The first-order valence-corrected chi connectivity index (χ1v) is 4.77. The van der Waals surface area contributed by atoms with Crippen molar-refractivity contribution in [1.82, 2.24) is 14.8 Å². The van der Waals surface area contributed by atoms with Gasteiger partial charge in [-0.25, -0.2) is 0 Å². The van der Waals surface area contributed by atoms with Crippen molar-refractivity contribution < 1.29 is 19.7 Å². The van der Waals surface area contributed by atoms with Gasteiger partial charge in [-0.05, 0) is 0 Å². The van der Waals surface area contributed by atoms with Crippen molar-refractivity contribution in [3.05, 3.63) is 16.6 Å². The highest BCUT2D eigenvalue weighted by atomic mass is 16.6. The van der Waals surface area contributed by atoms with E-state index >= 15 is 0 Å². The van der Waals surface area contributed by atoms with Crippen molar-refractivity contribution in [2.75, 3.05) is 6.61 Å². The van der Waals surface area contributed by atoms with Gasteiger partial charge in [0.1, 0.15) is 18.4 Å². The quantitative estimate of drug-likeness (QED) is 0.553. The SMILES string of the molecule is O=c1cnn2c(n1)O[C@@H]1[C@H](O)[C@H](CO)O[C@H]12. The van der Waals surface area contributed by atoms with Gasteiger partial charge >= 0.3 is 6.01 Å². The molecule has 1 saturated heterocycles. The van der Waals surface area contributed by atoms with Gasteiger partial charge in [0.15, 0.2) is 12.3 Å². The molecule has 0 aromatic carbocycles. The van der Waals surface area contributed by atoms with E-state index in [1.807, 2.05) is 0 Å². The van der Waals surface area contributed by atoms with E-state index < -0.39 is 30.1 Å². The van der Waals surface area contributed by atoms with Gasteiger partial charge in [-0.3, -0.25) is 4.79 Å². The van der Waals surface area contributed by atoms with Gasteiger partial charge < -0.3 is 19.7 Å². The zero-order valence-electron chi connectivity index (χ0n) is 8.05. The van der Waals surface area contributed by atoms with Crippen LogP contribution in [0.2, 0.25) is 0 Å². The largest absolute Gasteiger partial charge is 0.452 e. The third kappa shape index (κ3) is 1.17. The van der Waals surface area contributed by atoms with Crippen LogP contribution in [0.3, 0.4) is 0 Å². The molecule has 1 fully saturated rings. The molecule has 1 aromatic rings. The van der Waals surface area contributed by atoms with Crippen LogP contribution < -0.4 is 10.3 Å². The molecule has 0 bridgehead atoms. The zero-order chi connectivity index (χ0) is 11.3. The number of hydrogen-bond acceptors (Lipinski definition) is 7. The van der Waals surface area contributed by atoms with E-state index in [2.05, 4.69) is 10.1 Å². The lowest BCUT2D eigenvalue weighted by molar-refractivity contribution is -0.0476. The van der Waals surface area contributed by atoms with Crippen LogP contribution in [0.1, 0.15) is 6.23 Å². The smallest absolute Gasteiger partial charge is 0.319 e. The molecule has 8 heteroatoms. The standard InChI is InChI=1S/C8H9N3O5/c12-2-3-5(14)6-7(15-3)11-8(16-6)10-4(13)1-9-11/h1,3,5-7,12,14H,2H2/t3-,5+,6+,7+/m0/s1. The maximum absolute atomic E-state index is 10.9. The molecule has 0 radical (unpaired) electrons. The van der Waals surface area contributed by atoms with E-state index in [4.69, 9.17) is 14.6 Å². The molecule has 86 valence electrons. The minimum atomic E-state index is -0.964. The summed E-state index contributed by atoms with van der Waals surface area (Å²) in [5.74, 6) is 0. The third-order valence-electron chi connectivity index (χ3n) is 2.67. The molecule has 2 N–H and O–H groups in total. The van der Waals surface area contributed by atoms with Gasteiger partial charge in [0.2, 0.25) is 0 Å². The molecular formula is C8H9N3O5. The normalized spacial score (nSPS) is 35.6. The maximum Gasteiger partial charge on any atom is 0.319 e. The van der Waals surface area contributed by atoms with Crippen LogP contribution in [0.4, 0.5) is 0 Å². The lowest BCUT2D eigenvalue weighted by Crippen LogP contribution is -2.34. The molecule has 1 aromatic heterocycles. The second-order valence-corrected chi connectivity index (χ2v) is 3.64. The molecule has 16 heavy (non-hydrogen) atoms. The summed E-state index contributed by atoms with van der Waals surface area (Å²) in [7, 11) is 0. The number of hydrogen-bond donors (Lipinski definition) is 2. The Morgan fingerprint density at radius 2 is 2.38 bits per heavy atom. The van der Waals surface area contributed by atoms with E-state index in [9.17, 15) is 9.90 Å². The minimum Gasteiger partial charge on any atom is -0.452 e. The molecule has 2 aliphatic rings. The molecule has 0 aliphatic carbocycles. The molecule has 3 heterocycles. The molecule has 0 saturated carbocycles. The molecule has 8 nitrogen and oxygen atoms in total. The minimum absolute atomic E-state index is 0.0259. The lowest BCUT2D eigenvalue weighted by atomic mass is 10.1. The number of ether oxygens (including phenoxy) is 2. The predicted molar refractivity (Wildman–Crippen MR) is 47.7 cm³/mol. The molecule has 4 atom stereocenters. The number of fused-ring (bicyclic) bond motifs is 3. The van der Waals surface area contributed by atoms with Crippen LogP contribution in [0.5, 0.6) is 6.01 Å². The van der Waals surface area contributed by atoms with Crippen molar-refractivity contribution in [3.8, 4) is 6.01 Å². The number of aliphatic hydroxyl groups excluding tert-OH is 2. The molecule has 0 spiro atoms. The summed E-state index contributed by atoms with van der Waals surface area (Å²) in [6.07, 6.45) is -1.95. The van der Waals surface area contributed by atoms with Gasteiger partial charge in [0, 0.05) is 0 Å². The van der Waals surface area contributed by atoms with Gasteiger partial charge in [0.05, 0.1) is 6.61 Å². The van der Waals surface area contributed by atoms with E-state index in [0.717, 1.165) is 6.20 Å². The molecule has 2 aliphatic heterocycles. The van der Waals surface area contributed by atoms with Gasteiger partial charge in [-0.15, -0.1) is 0 Å². The van der Waals surface area contributed by atoms with Gasteiger partial charge in [-0.2, -0.15) is 14.8 Å². The Morgan fingerprint density at radius 3 is 3.12 bits per heavy atom. The highest BCUT2D eigenvalue weighted by molar-refractivity contribution is 5.06. The highest BCUT2D eigenvalue weighted by Gasteiger charge is 2.51. The van der Waals surface area contributed by atoms with Crippen LogP contribution in [0.15, 0.2) is 11.0 Å². The summed E-state index contributed by atoms with van der Waals surface area (Å²) < 4.78 is 11.9. The fourth-order valence-electron chi connectivity index (χ4n) is 1.90. The molecule has 0 amide bonds. The lowest BCUT2D eigenvalue weighted by Gasteiger charge is -2.13. The molecule has 3 rings (SSSR count). The van der Waals surface area contributed by atoms with Crippen LogP contribution in [-0.4, -0.2) is 49.9 Å². The zero-order valence-corrected chi connectivity index (χ0v) is 8.05. The molecule has 0 unspecified atom stereocenters. The van der Waals surface area contributed by atoms with Crippen LogP contribution in [0.25, 0.3) is 0 Å². The fourth-order valence-corrected chi connectivity index (χ4v) is 1.90. The number of aromatic nitrogens is 3. The predicted octanol–water partition coefficient (Wildman–Crippen LogP) is -2.35. The van der Waals surface area contributed by atoms with Crippen LogP contribution in [-0.2, 0) is 4.74 Å². The summed E-state index contributed by atoms with van der Waals surface area (Å²) >= 11 is 0. The first-order valence-electron chi connectivity index (χ1n) is 4.77. The van der Waals surface area contributed by atoms with Gasteiger partial charge in [0.25, 0.3) is 5.56 Å². The van der Waals surface area contributed by atoms with E-state index in [-0.39, 0.29) is 12.6 Å². The first kappa shape index (κ1) is 9.70. The van der Waals surface area contributed by atoms with Crippen molar-refractivity contribution in [2.24, 2.45) is 0 Å². The molecular weight excluding hydrogens is 218 g/mol. The third-order valence-corrected chi connectivity index (χ3v) is 2.67. The van der Waals surface area contributed by atoms with Crippen LogP contribution in [0, 0.1) is 0 Å².